The highest BCUT2D eigenvalue weighted by molar-refractivity contribution is 7.13. The second-order valence-corrected chi connectivity index (χ2v) is 8.71. The van der Waals surface area contributed by atoms with Crippen LogP contribution in [0.15, 0.2) is 36.8 Å². The number of carbonyl (C=O) groups is 1. The molecular formula is C23H22N4OS. The molecule has 6 heteroatoms. The fourth-order valence-electron chi connectivity index (χ4n) is 4.05. The molecule has 0 saturated heterocycles. The lowest BCUT2D eigenvalue weighted by atomic mass is 9.98. The van der Waals surface area contributed by atoms with Gasteiger partial charge in [0.05, 0.1) is 11.4 Å². The Kier molecular flexibility index (Phi) is 4.72. The average molecular weight is 403 g/mol. The van der Waals surface area contributed by atoms with Crippen molar-refractivity contribution in [1.29, 1.82) is 0 Å². The number of H-pyrrole nitrogens is 1. The van der Waals surface area contributed by atoms with E-state index in [1.165, 1.54) is 28.8 Å². The van der Waals surface area contributed by atoms with Crippen molar-refractivity contribution in [3.05, 3.63) is 63.5 Å². The highest BCUT2D eigenvalue weighted by Gasteiger charge is 2.19. The third-order valence-corrected chi connectivity index (χ3v) is 6.87. The highest BCUT2D eigenvalue weighted by Crippen LogP contribution is 2.29. The summed E-state index contributed by atoms with van der Waals surface area (Å²) in [5.41, 5.74) is 6.37. The third-order valence-electron chi connectivity index (χ3n) is 5.68. The van der Waals surface area contributed by atoms with Crippen molar-refractivity contribution in [3.8, 4) is 11.3 Å². The second kappa shape index (κ2) is 7.52. The van der Waals surface area contributed by atoms with E-state index in [1.54, 1.807) is 17.7 Å². The summed E-state index contributed by atoms with van der Waals surface area (Å²) in [4.78, 5) is 30.5. The lowest BCUT2D eigenvalue weighted by molar-refractivity contribution is 0.0982. The Bertz CT molecular complexity index is 1180. The number of aryl methyl sites for hydroxylation is 4. The van der Waals surface area contributed by atoms with Crippen LogP contribution in [0.5, 0.6) is 0 Å². The molecule has 1 aliphatic carbocycles. The fraction of sp³-hybridized carbons (Fsp3) is 0.304. The van der Waals surface area contributed by atoms with Crippen molar-refractivity contribution in [3.63, 3.8) is 0 Å². The Balaban J connectivity index is 1.33. The third kappa shape index (κ3) is 3.49. The summed E-state index contributed by atoms with van der Waals surface area (Å²) in [6, 6.07) is 8.35. The van der Waals surface area contributed by atoms with Crippen molar-refractivity contribution in [2.24, 2.45) is 0 Å². The van der Waals surface area contributed by atoms with Crippen LogP contribution in [0.4, 0.5) is 0 Å². The molecule has 0 unspecified atom stereocenters. The molecule has 29 heavy (non-hydrogen) atoms. The minimum atomic E-state index is 0.165. The van der Waals surface area contributed by atoms with E-state index in [-0.39, 0.29) is 5.78 Å². The lowest BCUT2D eigenvalue weighted by Crippen LogP contribution is -2.03. The molecule has 0 spiro atoms. The maximum atomic E-state index is 12.7. The molecule has 1 N–H and O–H groups in total. The van der Waals surface area contributed by atoms with Crippen molar-refractivity contribution in [1.82, 2.24) is 19.9 Å². The number of nitrogens with one attached hydrogen (secondary N) is 1. The quantitative estimate of drug-likeness (QED) is 0.472. The van der Waals surface area contributed by atoms with Gasteiger partial charge in [-0.2, -0.15) is 0 Å². The van der Waals surface area contributed by atoms with E-state index in [0.29, 0.717) is 11.4 Å². The number of nitrogens with zero attached hydrogens (tertiary/aromatic N) is 3. The van der Waals surface area contributed by atoms with Crippen molar-refractivity contribution < 1.29 is 4.79 Å². The fourth-order valence-corrected chi connectivity index (χ4v) is 5.17. The van der Waals surface area contributed by atoms with E-state index in [1.807, 2.05) is 12.3 Å². The van der Waals surface area contributed by atoms with Crippen molar-refractivity contribution in [2.75, 3.05) is 0 Å². The molecule has 1 aliphatic rings. The second-order valence-electron chi connectivity index (χ2n) is 7.62. The van der Waals surface area contributed by atoms with Crippen LogP contribution in [0, 0.1) is 6.92 Å². The number of thiazole rings is 1. The zero-order chi connectivity index (χ0) is 19.8. The summed E-state index contributed by atoms with van der Waals surface area (Å²) in [6.07, 6.45) is 9.22. The van der Waals surface area contributed by atoms with Crippen LogP contribution in [0.1, 0.15) is 50.8 Å². The van der Waals surface area contributed by atoms with Gasteiger partial charge in [-0.1, -0.05) is 12.1 Å². The Morgan fingerprint density at radius 2 is 2.07 bits per heavy atom. The van der Waals surface area contributed by atoms with Gasteiger partial charge >= 0.3 is 0 Å². The van der Waals surface area contributed by atoms with E-state index in [0.717, 1.165) is 47.2 Å². The topological polar surface area (TPSA) is 71.5 Å². The molecule has 1 aromatic carbocycles. The smallest absolute Gasteiger partial charge is 0.191 e. The number of hydrogen-bond donors (Lipinski definition) is 1. The monoisotopic (exact) mass is 402 g/mol. The molecule has 5 nitrogen and oxygen atoms in total. The van der Waals surface area contributed by atoms with Gasteiger partial charge in [-0.25, -0.2) is 15.0 Å². The predicted molar refractivity (Wildman–Crippen MR) is 115 cm³/mol. The molecule has 0 fully saturated rings. The van der Waals surface area contributed by atoms with Crippen LogP contribution >= 0.6 is 11.3 Å². The molecule has 5 rings (SSSR count). The number of rotatable bonds is 5. The standard InChI is InChI=1S/C23H22N4OS/c1-14-12-16(21-17-10-11-24-22(17)26-13-25-21)7-6-15(14)8-9-19(28)23-27-18-4-2-3-5-20(18)29-23/h6-7,10-13H,2-5,8-9H2,1H3,(H,24,25,26). The van der Waals surface area contributed by atoms with Gasteiger partial charge < -0.3 is 4.98 Å². The Labute approximate surface area is 173 Å². The Morgan fingerprint density at radius 3 is 2.93 bits per heavy atom. The summed E-state index contributed by atoms with van der Waals surface area (Å²) in [5, 5.41) is 1.71. The number of ketones is 1. The lowest BCUT2D eigenvalue weighted by Gasteiger charge is -2.08. The van der Waals surface area contributed by atoms with Gasteiger partial charge in [0, 0.05) is 28.4 Å². The Hall–Kier alpha value is -2.86. The normalized spacial score (nSPS) is 13.6. The van der Waals surface area contributed by atoms with E-state index in [4.69, 9.17) is 0 Å². The van der Waals surface area contributed by atoms with Gasteiger partial charge in [-0.3, -0.25) is 4.79 Å². The van der Waals surface area contributed by atoms with Gasteiger partial charge in [0.1, 0.15) is 12.0 Å². The summed E-state index contributed by atoms with van der Waals surface area (Å²) in [5.74, 6) is 0.165. The van der Waals surface area contributed by atoms with Gasteiger partial charge in [0.25, 0.3) is 0 Å². The summed E-state index contributed by atoms with van der Waals surface area (Å²) in [6.45, 7) is 2.10. The maximum absolute atomic E-state index is 12.7. The number of fused-ring (bicyclic) bond motifs is 2. The summed E-state index contributed by atoms with van der Waals surface area (Å²) < 4.78 is 0. The maximum Gasteiger partial charge on any atom is 0.191 e. The first-order chi connectivity index (χ1) is 14.2. The van der Waals surface area contributed by atoms with Gasteiger partial charge in [-0.15, -0.1) is 11.3 Å². The van der Waals surface area contributed by atoms with Crippen molar-refractivity contribution >= 4 is 28.2 Å². The van der Waals surface area contributed by atoms with Crippen LogP contribution in [-0.2, 0) is 19.3 Å². The minimum absolute atomic E-state index is 0.165. The zero-order valence-corrected chi connectivity index (χ0v) is 17.2. The largest absolute Gasteiger partial charge is 0.346 e. The number of benzene rings is 1. The van der Waals surface area contributed by atoms with Gasteiger partial charge in [0.2, 0.25) is 0 Å². The predicted octanol–water partition coefficient (Wildman–Crippen LogP) is 5.08. The number of aromatic nitrogens is 4. The number of Topliss-reactive ketones (excluding diaryl/α,β-unsaturated/α-hetero) is 1. The molecule has 0 aliphatic heterocycles. The van der Waals surface area contributed by atoms with E-state index >= 15 is 0 Å². The molecule has 0 atom stereocenters. The number of aromatic amines is 1. The van der Waals surface area contributed by atoms with E-state index in [2.05, 4.69) is 45.1 Å². The van der Waals surface area contributed by atoms with Crippen molar-refractivity contribution in [2.45, 2.75) is 45.4 Å². The molecule has 3 aromatic heterocycles. The molecule has 0 amide bonds. The van der Waals surface area contributed by atoms with Gasteiger partial charge in [-0.05, 0) is 62.3 Å². The molecule has 4 aromatic rings. The Morgan fingerprint density at radius 1 is 1.17 bits per heavy atom. The number of carbonyl (C=O) groups excluding carboxylic acids is 1. The summed E-state index contributed by atoms with van der Waals surface area (Å²) in [7, 11) is 0. The molecular weight excluding hydrogens is 380 g/mol. The SMILES string of the molecule is Cc1cc(-c2ncnc3[nH]ccc23)ccc1CCC(=O)c1nc2c(s1)CCCC2. The van der Waals surface area contributed by atoms with Gasteiger partial charge in [0.15, 0.2) is 10.8 Å². The first kappa shape index (κ1) is 18.2. The average Bonchev–Trinajstić information content (AvgIpc) is 3.39. The highest BCUT2D eigenvalue weighted by atomic mass is 32.1. The first-order valence-electron chi connectivity index (χ1n) is 10.1. The van der Waals surface area contributed by atoms with Crippen LogP contribution in [0.25, 0.3) is 22.3 Å². The molecule has 0 bridgehead atoms. The first-order valence-corrected chi connectivity index (χ1v) is 10.9. The molecule has 3 heterocycles. The van der Waals surface area contributed by atoms with E-state index < -0.39 is 0 Å². The molecule has 146 valence electrons. The minimum Gasteiger partial charge on any atom is -0.346 e. The van der Waals surface area contributed by atoms with Crippen LogP contribution < -0.4 is 0 Å². The number of hydrogen-bond acceptors (Lipinski definition) is 5. The van der Waals surface area contributed by atoms with Crippen LogP contribution in [0.3, 0.4) is 0 Å². The summed E-state index contributed by atoms with van der Waals surface area (Å²) >= 11 is 1.61. The van der Waals surface area contributed by atoms with Crippen LogP contribution in [0.2, 0.25) is 0 Å². The molecule has 0 radical (unpaired) electrons. The van der Waals surface area contributed by atoms with E-state index in [9.17, 15) is 4.79 Å². The zero-order valence-electron chi connectivity index (χ0n) is 16.4. The molecule has 0 saturated carbocycles. The van der Waals surface area contributed by atoms with Crippen LogP contribution in [-0.4, -0.2) is 25.7 Å².